The molecule has 0 heterocycles. The number of hydrogen-bond donors (Lipinski definition) is 1. The lowest BCUT2D eigenvalue weighted by atomic mass is 10.1. The molecule has 0 aromatic heterocycles. The van der Waals surface area contributed by atoms with E-state index in [0.717, 1.165) is 11.1 Å². The van der Waals surface area contributed by atoms with Crippen LogP contribution in [-0.4, -0.2) is 18.3 Å². The number of amides is 1. The molecule has 4 heteroatoms. The zero-order valence-corrected chi connectivity index (χ0v) is 9.66. The molecule has 0 radical (unpaired) electrons. The molecule has 0 aliphatic heterocycles. The van der Waals surface area contributed by atoms with Crippen molar-refractivity contribution in [3.63, 3.8) is 0 Å². The summed E-state index contributed by atoms with van der Waals surface area (Å²) in [5.41, 5.74) is 7.24. The van der Waals surface area contributed by atoms with Crippen molar-refractivity contribution in [2.45, 2.75) is 20.8 Å². The molecule has 0 atom stereocenters. The molecule has 4 nitrogen and oxygen atoms in total. The zero-order valence-electron chi connectivity index (χ0n) is 9.66. The number of carbonyl (C=O) groups excluding carboxylic acids is 2. The number of rotatable bonds is 4. The van der Waals surface area contributed by atoms with Gasteiger partial charge in [-0.25, -0.2) is 0 Å². The molecule has 0 saturated heterocycles. The molecule has 0 saturated carbocycles. The van der Waals surface area contributed by atoms with E-state index in [1.807, 2.05) is 13.8 Å². The molecular formula is C12H15NO3. The van der Waals surface area contributed by atoms with Crippen molar-refractivity contribution >= 4 is 11.7 Å². The van der Waals surface area contributed by atoms with Crippen molar-refractivity contribution in [1.29, 1.82) is 0 Å². The molecule has 0 aliphatic rings. The van der Waals surface area contributed by atoms with Crippen LogP contribution in [0, 0.1) is 13.8 Å². The lowest BCUT2D eigenvalue weighted by molar-refractivity contribution is -0.118. The first-order valence-corrected chi connectivity index (χ1v) is 4.95. The topological polar surface area (TPSA) is 69.4 Å². The van der Waals surface area contributed by atoms with E-state index in [9.17, 15) is 9.59 Å². The van der Waals surface area contributed by atoms with Gasteiger partial charge in [-0.05, 0) is 44.0 Å². The summed E-state index contributed by atoms with van der Waals surface area (Å²) in [6.45, 7) is 5.13. The molecule has 0 spiro atoms. The summed E-state index contributed by atoms with van der Waals surface area (Å²) in [6, 6.07) is 3.32. The number of primary amides is 1. The molecule has 1 amide bonds. The highest BCUT2D eigenvalue weighted by molar-refractivity contribution is 5.93. The molecule has 0 bridgehead atoms. The van der Waals surface area contributed by atoms with E-state index in [4.69, 9.17) is 10.5 Å². The minimum atomic E-state index is -0.468. The van der Waals surface area contributed by atoms with Crippen molar-refractivity contribution < 1.29 is 14.3 Å². The van der Waals surface area contributed by atoms with Gasteiger partial charge in [0.1, 0.15) is 12.4 Å². The summed E-state index contributed by atoms with van der Waals surface area (Å²) in [7, 11) is 0. The maximum Gasteiger partial charge on any atom is 0.248 e. The third kappa shape index (κ3) is 2.82. The summed E-state index contributed by atoms with van der Waals surface area (Å²) in [4.78, 5) is 21.8. The fourth-order valence-corrected chi connectivity index (χ4v) is 1.49. The Labute approximate surface area is 94.4 Å². The van der Waals surface area contributed by atoms with Crippen molar-refractivity contribution in [3.05, 3.63) is 28.8 Å². The first-order chi connectivity index (χ1) is 7.41. The Morgan fingerprint density at radius 2 is 1.75 bits per heavy atom. The Morgan fingerprint density at radius 1 is 1.25 bits per heavy atom. The number of ketones is 1. The van der Waals surface area contributed by atoms with Crippen LogP contribution in [0.1, 0.15) is 28.4 Å². The van der Waals surface area contributed by atoms with Crippen LogP contribution in [0.2, 0.25) is 0 Å². The molecule has 16 heavy (non-hydrogen) atoms. The normalized spacial score (nSPS) is 9.94. The van der Waals surface area contributed by atoms with Crippen molar-refractivity contribution in [2.24, 2.45) is 5.73 Å². The van der Waals surface area contributed by atoms with Gasteiger partial charge in [0.05, 0.1) is 0 Å². The van der Waals surface area contributed by atoms with E-state index in [2.05, 4.69) is 0 Å². The van der Waals surface area contributed by atoms with Crippen LogP contribution >= 0.6 is 0 Å². The Hall–Kier alpha value is -1.84. The average molecular weight is 221 g/mol. The van der Waals surface area contributed by atoms with Gasteiger partial charge in [0.25, 0.3) is 0 Å². The number of ether oxygens (including phenoxy) is 1. The zero-order chi connectivity index (χ0) is 12.3. The van der Waals surface area contributed by atoms with Crippen LogP contribution in [0.15, 0.2) is 12.1 Å². The van der Waals surface area contributed by atoms with Gasteiger partial charge in [-0.1, -0.05) is 0 Å². The van der Waals surface area contributed by atoms with E-state index >= 15 is 0 Å². The fraction of sp³-hybridized carbons (Fsp3) is 0.333. The molecule has 0 unspecified atom stereocenters. The second kappa shape index (κ2) is 4.79. The average Bonchev–Trinajstić information content (AvgIpc) is 2.15. The Balaban J connectivity index is 3.03. The lowest BCUT2D eigenvalue weighted by Crippen LogP contribution is -2.13. The van der Waals surface area contributed by atoms with Crippen molar-refractivity contribution in [2.75, 3.05) is 6.61 Å². The summed E-state index contributed by atoms with van der Waals surface area (Å²) >= 11 is 0. The highest BCUT2D eigenvalue weighted by atomic mass is 16.5. The predicted octanol–water partition coefficient (Wildman–Crippen LogP) is 1.37. The Kier molecular flexibility index (Phi) is 3.66. The Morgan fingerprint density at radius 3 is 2.12 bits per heavy atom. The monoisotopic (exact) mass is 221 g/mol. The van der Waals surface area contributed by atoms with Gasteiger partial charge in [0.15, 0.2) is 5.78 Å². The molecule has 0 aliphatic carbocycles. The molecule has 2 N–H and O–H groups in total. The van der Waals surface area contributed by atoms with Crippen LogP contribution in [0.4, 0.5) is 0 Å². The van der Waals surface area contributed by atoms with E-state index in [0.29, 0.717) is 11.3 Å². The first kappa shape index (κ1) is 12.2. The van der Waals surface area contributed by atoms with E-state index in [1.54, 1.807) is 12.1 Å². The van der Waals surface area contributed by atoms with Crippen LogP contribution < -0.4 is 10.5 Å². The maximum absolute atomic E-state index is 11.0. The molecule has 0 fully saturated rings. The smallest absolute Gasteiger partial charge is 0.248 e. The minimum Gasteiger partial charge on any atom is -0.485 e. The summed E-state index contributed by atoms with van der Waals surface area (Å²) in [6.07, 6.45) is 0. The Bertz CT molecular complexity index is 415. The van der Waals surface area contributed by atoms with Gasteiger partial charge in [0, 0.05) is 5.56 Å². The van der Waals surface area contributed by atoms with Crippen LogP contribution in [0.25, 0.3) is 0 Å². The number of carbonyl (C=O) groups is 2. The van der Waals surface area contributed by atoms with E-state index in [-0.39, 0.29) is 12.4 Å². The second-order valence-corrected chi connectivity index (χ2v) is 3.79. The van der Waals surface area contributed by atoms with Crippen LogP contribution in [0.5, 0.6) is 5.75 Å². The standard InChI is InChI=1S/C12H15NO3/c1-7-4-10(12(13)15)5-8(2)11(7)16-6-9(3)14/h4-5H,6H2,1-3H3,(H2,13,15). The largest absolute Gasteiger partial charge is 0.485 e. The predicted molar refractivity (Wildman–Crippen MR) is 60.6 cm³/mol. The number of hydrogen-bond acceptors (Lipinski definition) is 3. The van der Waals surface area contributed by atoms with Gasteiger partial charge in [0.2, 0.25) is 5.91 Å². The fourth-order valence-electron chi connectivity index (χ4n) is 1.49. The highest BCUT2D eigenvalue weighted by Crippen LogP contribution is 2.24. The maximum atomic E-state index is 11.0. The van der Waals surface area contributed by atoms with E-state index < -0.39 is 5.91 Å². The third-order valence-corrected chi connectivity index (χ3v) is 2.16. The molecule has 1 aromatic carbocycles. The van der Waals surface area contributed by atoms with E-state index in [1.165, 1.54) is 6.92 Å². The lowest BCUT2D eigenvalue weighted by Gasteiger charge is -2.12. The van der Waals surface area contributed by atoms with Crippen molar-refractivity contribution in [3.8, 4) is 5.75 Å². The quantitative estimate of drug-likeness (QED) is 0.834. The van der Waals surface area contributed by atoms with Gasteiger partial charge < -0.3 is 10.5 Å². The first-order valence-electron chi connectivity index (χ1n) is 4.95. The molecule has 86 valence electrons. The molecule has 1 rings (SSSR count). The van der Waals surface area contributed by atoms with Gasteiger partial charge in [-0.15, -0.1) is 0 Å². The van der Waals surface area contributed by atoms with Gasteiger partial charge in [-0.2, -0.15) is 0 Å². The summed E-state index contributed by atoms with van der Waals surface area (Å²) in [5, 5.41) is 0. The second-order valence-electron chi connectivity index (χ2n) is 3.79. The highest BCUT2D eigenvalue weighted by Gasteiger charge is 2.09. The van der Waals surface area contributed by atoms with Gasteiger partial charge in [-0.3, -0.25) is 9.59 Å². The molecular weight excluding hydrogens is 206 g/mol. The van der Waals surface area contributed by atoms with Gasteiger partial charge >= 0.3 is 0 Å². The number of benzene rings is 1. The number of Topliss-reactive ketones (excluding diaryl/α,β-unsaturated/α-hetero) is 1. The third-order valence-electron chi connectivity index (χ3n) is 2.16. The SMILES string of the molecule is CC(=O)COc1c(C)cc(C(N)=O)cc1C. The minimum absolute atomic E-state index is 0.0393. The summed E-state index contributed by atoms with van der Waals surface area (Å²) in [5.74, 6) is 0.127. The van der Waals surface area contributed by atoms with Crippen molar-refractivity contribution in [1.82, 2.24) is 0 Å². The summed E-state index contributed by atoms with van der Waals surface area (Å²) < 4.78 is 5.36. The van der Waals surface area contributed by atoms with Crippen LogP contribution in [-0.2, 0) is 4.79 Å². The molecule has 1 aromatic rings. The number of aryl methyl sites for hydroxylation is 2. The van der Waals surface area contributed by atoms with Crippen LogP contribution in [0.3, 0.4) is 0 Å². The number of nitrogens with two attached hydrogens (primary N) is 1.